The maximum atomic E-state index is 12.1. The molecule has 2 nitrogen and oxygen atoms in total. The second kappa shape index (κ2) is 5.54. The molecule has 0 saturated heterocycles. The van der Waals surface area contributed by atoms with Crippen LogP contribution < -0.4 is 4.74 Å². The Morgan fingerprint density at radius 2 is 1.92 bits per heavy atom. The Balaban J connectivity index is 2.40. The molecule has 1 aromatic rings. The molecule has 0 amide bonds. The van der Waals surface area contributed by atoms with Crippen molar-refractivity contribution in [2.45, 2.75) is 13.1 Å². The lowest BCUT2D eigenvalue weighted by atomic mass is 10.2. The summed E-state index contributed by atoms with van der Waals surface area (Å²) in [5, 5.41) is 8.50. The van der Waals surface area contributed by atoms with E-state index in [0.717, 1.165) is 0 Å². The summed E-state index contributed by atoms with van der Waals surface area (Å²) in [6, 6.07) is 6.83. The van der Waals surface area contributed by atoms with Crippen molar-refractivity contribution in [3.05, 3.63) is 29.8 Å². The largest absolute Gasteiger partial charge is 0.494 e. The molecule has 0 heterocycles. The SMILES string of the molecule is OCCCOc1ccc(CF)cc1. The molecule has 0 saturated carbocycles. The highest BCUT2D eigenvalue weighted by atomic mass is 19.1. The number of aliphatic hydroxyl groups is 1. The Labute approximate surface area is 77.0 Å². The zero-order valence-electron chi connectivity index (χ0n) is 7.37. The Morgan fingerprint density at radius 3 is 2.46 bits per heavy atom. The number of hydrogen-bond acceptors (Lipinski definition) is 2. The fraction of sp³-hybridized carbons (Fsp3) is 0.400. The number of hydrogen-bond donors (Lipinski definition) is 1. The molecule has 1 N–H and O–H groups in total. The monoisotopic (exact) mass is 184 g/mol. The van der Waals surface area contributed by atoms with E-state index in [0.29, 0.717) is 24.3 Å². The van der Waals surface area contributed by atoms with E-state index in [4.69, 9.17) is 9.84 Å². The van der Waals surface area contributed by atoms with Crippen LogP contribution in [-0.4, -0.2) is 18.3 Å². The first-order chi connectivity index (χ1) is 6.36. The second-order valence-electron chi connectivity index (χ2n) is 2.70. The van der Waals surface area contributed by atoms with Gasteiger partial charge in [-0.3, -0.25) is 0 Å². The lowest BCUT2D eigenvalue weighted by Gasteiger charge is -2.04. The molecule has 72 valence electrons. The lowest BCUT2D eigenvalue weighted by Crippen LogP contribution is -1.99. The molecule has 0 fully saturated rings. The molecular weight excluding hydrogens is 171 g/mol. The van der Waals surface area contributed by atoms with Crippen molar-refractivity contribution in [3.63, 3.8) is 0 Å². The Bertz CT molecular complexity index is 233. The highest BCUT2D eigenvalue weighted by Crippen LogP contribution is 2.12. The quantitative estimate of drug-likeness (QED) is 0.708. The zero-order chi connectivity index (χ0) is 9.52. The van der Waals surface area contributed by atoms with Gasteiger partial charge in [-0.15, -0.1) is 0 Å². The highest BCUT2D eigenvalue weighted by molar-refractivity contribution is 5.26. The number of rotatable bonds is 5. The molecule has 1 rings (SSSR count). The molecule has 0 atom stereocenters. The van der Waals surface area contributed by atoms with Crippen LogP contribution in [0.3, 0.4) is 0 Å². The van der Waals surface area contributed by atoms with Gasteiger partial charge in [0.2, 0.25) is 0 Å². The van der Waals surface area contributed by atoms with Crippen molar-refractivity contribution in [1.82, 2.24) is 0 Å². The maximum absolute atomic E-state index is 12.1. The molecule has 0 spiro atoms. The molecule has 0 aliphatic rings. The van der Waals surface area contributed by atoms with Crippen LogP contribution in [0, 0.1) is 0 Å². The van der Waals surface area contributed by atoms with Gasteiger partial charge in [-0.1, -0.05) is 12.1 Å². The predicted molar refractivity (Wildman–Crippen MR) is 48.5 cm³/mol. The average molecular weight is 184 g/mol. The summed E-state index contributed by atoms with van der Waals surface area (Å²) in [4.78, 5) is 0. The van der Waals surface area contributed by atoms with Crippen molar-refractivity contribution in [3.8, 4) is 5.75 Å². The highest BCUT2D eigenvalue weighted by Gasteiger charge is 1.94. The van der Waals surface area contributed by atoms with Crippen LogP contribution in [-0.2, 0) is 6.67 Å². The minimum Gasteiger partial charge on any atom is -0.494 e. The third-order valence-corrected chi connectivity index (χ3v) is 1.65. The van der Waals surface area contributed by atoms with E-state index in [1.807, 2.05) is 0 Å². The van der Waals surface area contributed by atoms with E-state index in [1.54, 1.807) is 24.3 Å². The van der Waals surface area contributed by atoms with E-state index < -0.39 is 6.67 Å². The van der Waals surface area contributed by atoms with E-state index in [1.165, 1.54) is 0 Å². The van der Waals surface area contributed by atoms with Crippen molar-refractivity contribution >= 4 is 0 Å². The van der Waals surface area contributed by atoms with Crippen LogP contribution in [0.15, 0.2) is 24.3 Å². The van der Waals surface area contributed by atoms with Gasteiger partial charge in [0.1, 0.15) is 12.4 Å². The number of alkyl halides is 1. The van der Waals surface area contributed by atoms with Gasteiger partial charge in [0.15, 0.2) is 0 Å². The second-order valence-corrected chi connectivity index (χ2v) is 2.70. The Morgan fingerprint density at radius 1 is 1.23 bits per heavy atom. The minimum absolute atomic E-state index is 0.128. The van der Waals surface area contributed by atoms with Crippen molar-refractivity contribution < 1.29 is 14.2 Å². The first kappa shape index (κ1) is 9.99. The van der Waals surface area contributed by atoms with E-state index in [-0.39, 0.29) is 6.61 Å². The van der Waals surface area contributed by atoms with Gasteiger partial charge < -0.3 is 9.84 Å². The topological polar surface area (TPSA) is 29.5 Å². The maximum Gasteiger partial charge on any atom is 0.119 e. The summed E-state index contributed by atoms with van der Waals surface area (Å²) in [5.74, 6) is 0.714. The molecule has 1 aromatic carbocycles. The first-order valence-corrected chi connectivity index (χ1v) is 4.25. The Kier molecular flexibility index (Phi) is 4.26. The molecule has 0 aromatic heterocycles. The molecule has 0 bridgehead atoms. The van der Waals surface area contributed by atoms with Crippen molar-refractivity contribution in [2.24, 2.45) is 0 Å². The molecule has 13 heavy (non-hydrogen) atoms. The average Bonchev–Trinajstić information content (AvgIpc) is 2.19. The van der Waals surface area contributed by atoms with Gasteiger partial charge in [-0.05, 0) is 17.7 Å². The van der Waals surface area contributed by atoms with Crippen LogP contribution in [0.4, 0.5) is 4.39 Å². The molecular formula is C10H13FO2. The summed E-state index contributed by atoms with van der Waals surface area (Å²) >= 11 is 0. The number of halogens is 1. The van der Waals surface area contributed by atoms with E-state index >= 15 is 0 Å². The summed E-state index contributed by atoms with van der Waals surface area (Å²) in [6.07, 6.45) is 0.616. The number of ether oxygens (including phenoxy) is 1. The van der Waals surface area contributed by atoms with Crippen LogP contribution in [0.25, 0.3) is 0 Å². The van der Waals surface area contributed by atoms with Crippen molar-refractivity contribution in [2.75, 3.05) is 13.2 Å². The van der Waals surface area contributed by atoms with Gasteiger partial charge in [0.25, 0.3) is 0 Å². The van der Waals surface area contributed by atoms with E-state index in [2.05, 4.69) is 0 Å². The van der Waals surface area contributed by atoms with Gasteiger partial charge >= 0.3 is 0 Å². The minimum atomic E-state index is -0.448. The van der Waals surface area contributed by atoms with Crippen LogP contribution in [0.2, 0.25) is 0 Å². The van der Waals surface area contributed by atoms with Crippen molar-refractivity contribution in [1.29, 1.82) is 0 Å². The summed E-state index contributed by atoms with van der Waals surface area (Å²) in [6.45, 7) is 0.172. The summed E-state index contributed by atoms with van der Waals surface area (Å²) in [7, 11) is 0. The first-order valence-electron chi connectivity index (χ1n) is 4.25. The molecule has 0 aliphatic carbocycles. The van der Waals surface area contributed by atoms with Crippen LogP contribution in [0.5, 0.6) is 5.75 Å². The smallest absolute Gasteiger partial charge is 0.119 e. The third kappa shape index (κ3) is 3.42. The normalized spacial score (nSPS) is 10.0. The van der Waals surface area contributed by atoms with E-state index in [9.17, 15) is 4.39 Å². The fourth-order valence-corrected chi connectivity index (χ4v) is 0.929. The predicted octanol–water partition coefficient (Wildman–Crippen LogP) is 1.92. The van der Waals surface area contributed by atoms with Gasteiger partial charge in [0.05, 0.1) is 6.61 Å². The van der Waals surface area contributed by atoms with Gasteiger partial charge in [-0.25, -0.2) is 4.39 Å². The Hall–Kier alpha value is -1.09. The van der Waals surface area contributed by atoms with Crippen LogP contribution >= 0.6 is 0 Å². The molecule has 0 unspecified atom stereocenters. The summed E-state index contributed by atoms with van der Waals surface area (Å²) in [5.41, 5.74) is 0.648. The molecule has 0 aliphatic heterocycles. The number of aliphatic hydroxyl groups excluding tert-OH is 1. The van der Waals surface area contributed by atoms with Crippen LogP contribution in [0.1, 0.15) is 12.0 Å². The summed E-state index contributed by atoms with van der Waals surface area (Å²) < 4.78 is 17.4. The lowest BCUT2D eigenvalue weighted by molar-refractivity contribution is 0.233. The fourth-order valence-electron chi connectivity index (χ4n) is 0.929. The molecule has 3 heteroatoms. The van der Waals surface area contributed by atoms with Gasteiger partial charge in [0, 0.05) is 13.0 Å². The van der Waals surface area contributed by atoms with Gasteiger partial charge in [-0.2, -0.15) is 0 Å². The number of benzene rings is 1. The standard InChI is InChI=1S/C10H13FO2/c11-8-9-2-4-10(5-3-9)13-7-1-6-12/h2-5,12H,1,6-8H2. The third-order valence-electron chi connectivity index (χ3n) is 1.65. The molecule has 0 radical (unpaired) electrons. The zero-order valence-corrected chi connectivity index (χ0v) is 7.37.